The molecule has 1 heterocycles. The van der Waals surface area contributed by atoms with Crippen LogP contribution in [0, 0.1) is 0 Å². The first-order valence-corrected chi connectivity index (χ1v) is 6.54. The summed E-state index contributed by atoms with van der Waals surface area (Å²) in [6.45, 7) is 1.57. The molecule has 0 spiro atoms. The van der Waals surface area contributed by atoms with Crippen LogP contribution in [0.4, 0.5) is 0 Å². The van der Waals surface area contributed by atoms with Crippen molar-refractivity contribution in [1.82, 2.24) is 4.90 Å². The number of hydrogen-bond acceptors (Lipinski definition) is 3. The normalized spacial score (nSPS) is 16.9. The Labute approximate surface area is 116 Å². The first kappa shape index (κ1) is 13.5. The Hall–Kier alpha value is -0.900. The maximum atomic E-state index is 12.1. The number of piperidine rings is 1. The highest BCUT2D eigenvalue weighted by Gasteiger charge is 2.20. The van der Waals surface area contributed by atoms with Crippen molar-refractivity contribution in [2.24, 2.45) is 0 Å². The summed E-state index contributed by atoms with van der Waals surface area (Å²) in [6, 6.07) is 4.86. The minimum Gasteiger partial charge on any atom is -0.300 e. The molecule has 5 heteroatoms. The minimum absolute atomic E-state index is 0.0585. The molecule has 1 aromatic rings. The number of carbonyl (C=O) groups is 2. The maximum Gasteiger partial charge on any atom is 0.178 e. The minimum atomic E-state index is -0.0585. The summed E-state index contributed by atoms with van der Waals surface area (Å²) in [7, 11) is 0. The van der Waals surface area contributed by atoms with Crippen LogP contribution in [0.5, 0.6) is 0 Å². The zero-order valence-electron chi connectivity index (χ0n) is 9.79. The Morgan fingerprint density at radius 1 is 1.22 bits per heavy atom. The van der Waals surface area contributed by atoms with Crippen LogP contribution in [0.1, 0.15) is 23.2 Å². The van der Waals surface area contributed by atoms with Crippen LogP contribution in [0.25, 0.3) is 0 Å². The zero-order valence-corrected chi connectivity index (χ0v) is 11.3. The maximum absolute atomic E-state index is 12.1. The van der Waals surface area contributed by atoms with Crippen molar-refractivity contribution in [1.29, 1.82) is 0 Å². The van der Waals surface area contributed by atoms with Gasteiger partial charge < -0.3 is 0 Å². The molecule has 0 aliphatic carbocycles. The summed E-state index contributed by atoms with van der Waals surface area (Å²) in [6.07, 6.45) is 1.05. The molecule has 0 N–H and O–H groups in total. The van der Waals surface area contributed by atoms with E-state index < -0.39 is 0 Å². The smallest absolute Gasteiger partial charge is 0.178 e. The average molecular weight is 286 g/mol. The van der Waals surface area contributed by atoms with E-state index in [9.17, 15) is 9.59 Å². The SMILES string of the molecule is O=C1CCN(CC(=O)c2cc(Cl)ccc2Cl)CC1. The fraction of sp³-hybridized carbons (Fsp3) is 0.385. The predicted molar refractivity (Wildman–Crippen MR) is 71.5 cm³/mol. The zero-order chi connectivity index (χ0) is 13.1. The second kappa shape index (κ2) is 5.83. The highest BCUT2D eigenvalue weighted by atomic mass is 35.5. The quantitative estimate of drug-likeness (QED) is 0.802. The molecule has 0 unspecified atom stereocenters. The number of Topliss-reactive ketones (excluding diaryl/α,β-unsaturated/α-hetero) is 2. The number of halogens is 2. The third kappa shape index (κ3) is 3.31. The molecule has 0 bridgehead atoms. The fourth-order valence-corrected chi connectivity index (χ4v) is 2.36. The van der Waals surface area contributed by atoms with Crippen molar-refractivity contribution in [2.45, 2.75) is 12.8 Å². The number of rotatable bonds is 3. The van der Waals surface area contributed by atoms with E-state index in [1.54, 1.807) is 18.2 Å². The van der Waals surface area contributed by atoms with Crippen molar-refractivity contribution in [3.05, 3.63) is 33.8 Å². The van der Waals surface area contributed by atoms with Gasteiger partial charge in [-0.1, -0.05) is 23.2 Å². The molecule has 18 heavy (non-hydrogen) atoms. The molecule has 2 rings (SSSR count). The van der Waals surface area contributed by atoms with Crippen LogP contribution in [0.2, 0.25) is 10.0 Å². The molecule has 96 valence electrons. The molecular formula is C13H13Cl2NO2. The van der Waals surface area contributed by atoms with Gasteiger partial charge in [-0.3, -0.25) is 14.5 Å². The molecule has 0 saturated carbocycles. The van der Waals surface area contributed by atoms with Crippen LogP contribution >= 0.6 is 23.2 Å². The van der Waals surface area contributed by atoms with Crippen LogP contribution in [0.3, 0.4) is 0 Å². The highest BCUT2D eigenvalue weighted by molar-refractivity contribution is 6.36. The molecule has 0 radical (unpaired) electrons. The van der Waals surface area contributed by atoms with E-state index in [1.165, 1.54) is 0 Å². The Morgan fingerprint density at radius 2 is 1.89 bits per heavy atom. The van der Waals surface area contributed by atoms with Crippen LogP contribution < -0.4 is 0 Å². The number of ketones is 2. The van der Waals surface area contributed by atoms with Crippen molar-refractivity contribution in [2.75, 3.05) is 19.6 Å². The summed E-state index contributed by atoms with van der Waals surface area (Å²) in [4.78, 5) is 25.2. The lowest BCUT2D eigenvalue weighted by molar-refractivity contribution is -0.121. The third-order valence-corrected chi connectivity index (χ3v) is 3.57. The topological polar surface area (TPSA) is 37.4 Å². The van der Waals surface area contributed by atoms with Gasteiger partial charge >= 0.3 is 0 Å². The molecule has 1 fully saturated rings. The van der Waals surface area contributed by atoms with E-state index in [2.05, 4.69) is 0 Å². The highest BCUT2D eigenvalue weighted by Crippen LogP contribution is 2.21. The Morgan fingerprint density at radius 3 is 2.56 bits per heavy atom. The molecule has 1 aliphatic rings. The molecule has 1 aliphatic heterocycles. The van der Waals surface area contributed by atoms with Crippen LogP contribution in [0.15, 0.2) is 18.2 Å². The molecule has 1 aromatic carbocycles. The first-order valence-electron chi connectivity index (χ1n) is 5.78. The van der Waals surface area contributed by atoms with Gasteiger partial charge in [0.15, 0.2) is 5.78 Å². The van der Waals surface area contributed by atoms with Gasteiger partial charge in [-0.2, -0.15) is 0 Å². The molecule has 1 saturated heterocycles. The largest absolute Gasteiger partial charge is 0.300 e. The van der Waals surface area contributed by atoms with Crippen molar-refractivity contribution in [3.8, 4) is 0 Å². The lowest BCUT2D eigenvalue weighted by Gasteiger charge is -2.25. The number of nitrogens with zero attached hydrogens (tertiary/aromatic N) is 1. The summed E-state index contributed by atoms with van der Waals surface area (Å²) in [5.41, 5.74) is 0.445. The second-order valence-corrected chi connectivity index (χ2v) is 5.21. The van der Waals surface area contributed by atoms with E-state index in [0.717, 1.165) is 0 Å². The lowest BCUT2D eigenvalue weighted by Crippen LogP contribution is -2.37. The summed E-state index contributed by atoms with van der Waals surface area (Å²) >= 11 is 11.8. The van der Waals surface area contributed by atoms with Gasteiger partial charge in [-0.05, 0) is 18.2 Å². The van der Waals surface area contributed by atoms with Crippen molar-refractivity contribution >= 4 is 34.8 Å². The van der Waals surface area contributed by atoms with Crippen LogP contribution in [-0.4, -0.2) is 36.1 Å². The van der Waals surface area contributed by atoms with Gasteiger partial charge in [-0.25, -0.2) is 0 Å². The van der Waals surface area contributed by atoms with Gasteiger partial charge in [0.05, 0.1) is 11.6 Å². The number of hydrogen-bond donors (Lipinski definition) is 0. The van der Waals surface area contributed by atoms with E-state index in [-0.39, 0.29) is 18.1 Å². The van der Waals surface area contributed by atoms with Crippen molar-refractivity contribution in [3.63, 3.8) is 0 Å². The Bertz CT molecular complexity index is 478. The van der Waals surface area contributed by atoms with Gasteiger partial charge in [0.2, 0.25) is 0 Å². The van der Waals surface area contributed by atoms with Crippen LogP contribution in [-0.2, 0) is 4.79 Å². The van der Waals surface area contributed by atoms with Gasteiger partial charge in [0.25, 0.3) is 0 Å². The predicted octanol–water partition coefficient (Wildman–Crippen LogP) is 2.84. The lowest BCUT2D eigenvalue weighted by atomic mass is 10.1. The molecule has 0 aromatic heterocycles. The number of carbonyl (C=O) groups excluding carboxylic acids is 2. The molecule has 3 nitrogen and oxygen atoms in total. The Balaban J connectivity index is 2.03. The van der Waals surface area contributed by atoms with Gasteiger partial charge in [0, 0.05) is 36.5 Å². The van der Waals surface area contributed by atoms with Crippen molar-refractivity contribution < 1.29 is 9.59 Å². The Kier molecular flexibility index (Phi) is 4.38. The molecular weight excluding hydrogens is 273 g/mol. The second-order valence-electron chi connectivity index (χ2n) is 4.36. The summed E-state index contributed by atoms with van der Waals surface area (Å²) in [5.74, 6) is 0.205. The van der Waals surface area contributed by atoms with Gasteiger partial charge in [-0.15, -0.1) is 0 Å². The fourth-order valence-electron chi connectivity index (χ4n) is 1.96. The standard InChI is InChI=1S/C13H13Cl2NO2/c14-9-1-2-12(15)11(7-9)13(18)8-16-5-3-10(17)4-6-16/h1-2,7H,3-6,8H2. The third-order valence-electron chi connectivity index (χ3n) is 3.01. The number of benzene rings is 1. The van der Waals surface area contributed by atoms with Gasteiger partial charge in [0.1, 0.15) is 5.78 Å². The molecule has 0 atom stereocenters. The first-order chi connectivity index (χ1) is 8.56. The average Bonchev–Trinajstić information content (AvgIpc) is 2.35. The summed E-state index contributed by atoms with van der Waals surface area (Å²) < 4.78 is 0. The van der Waals surface area contributed by atoms with E-state index in [4.69, 9.17) is 23.2 Å². The summed E-state index contributed by atoms with van der Waals surface area (Å²) in [5, 5.41) is 0.911. The van der Waals surface area contributed by atoms with E-state index in [1.807, 2.05) is 4.90 Å². The van der Waals surface area contributed by atoms with E-state index in [0.29, 0.717) is 41.5 Å². The van der Waals surface area contributed by atoms with E-state index >= 15 is 0 Å². The number of likely N-dealkylation sites (tertiary alicyclic amines) is 1. The monoisotopic (exact) mass is 285 g/mol. The molecule has 0 amide bonds.